The Hall–Kier alpha value is -1.51. The first kappa shape index (κ1) is 34.7. The molecular formula is C37H64O3. The number of phenols is 1. The van der Waals surface area contributed by atoms with E-state index >= 15 is 0 Å². The van der Waals surface area contributed by atoms with Gasteiger partial charge in [-0.3, -0.25) is 0 Å². The van der Waals surface area contributed by atoms with Crippen LogP contribution in [-0.2, 0) is 10.8 Å². The van der Waals surface area contributed by atoms with Gasteiger partial charge in [0.1, 0.15) is 5.75 Å². The number of carbonyl (C=O) groups is 1. The van der Waals surface area contributed by atoms with E-state index < -0.39 is 5.97 Å². The van der Waals surface area contributed by atoms with Crippen molar-refractivity contribution in [1.82, 2.24) is 0 Å². The lowest BCUT2D eigenvalue weighted by atomic mass is 9.59. The molecule has 0 atom stereocenters. The summed E-state index contributed by atoms with van der Waals surface area (Å²) in [6.45, 7) is 14.8. The highest BCUT2D eigenvalue weighted by atomic mass is 16.4. The first-order chi connectivity index (χ1) is 18.9. The number of carboxylic acid groups (broad SMARTS) is 1. The van der Waals surface area contributed by atoms with Gasteiger partial charge in [0.15, 0.2) is 0 Å². The summed E-state index contributed by atoms with van der Waals surface area (Å²) in [5.74, 6) is -0.346. The van der Waals surface area contributed by atoms with Crippen molar-refractivity contribution in [2.24, 2.45) is 0 Å². The zero-order chi connectivity index (χ0) is 29.8. The highest BCUT2D eigenvalue weighted by molar-refractivity contribution is 5.98. The van der Waals surface area contributed by atoms with Gasteiger partial charge in [0, 0.05) is 17.0 Å². The molecule has 0 spiro atoms. The monoisotopic (exact) mass is 556 g/mol. The van der Waals surface area contributed by atoms with Crippen LogP contribution in [0.4, 0.5) is 0 Å². The molecular weight excluding hydrogens is 492 g/mol. The Balaban J connectivity index is 1.62. The van der Waals surface area contributed by atoms with Crippen molar-refractivity contribution in [3.8, 4) is 5.75 Å². The first-order valence-corrected chi connectivity index (χ1v) is 17.1. The molecule has 230 valence electrons. The first-order valence-electron chi connectivity index (χ1n) is 17.1. The molecule has 0 aromatic heterocycles. The van der Waals surface area contributed by atoms with Crippen LogP contribution >= 0.6 is 0 Å². The molecule has 2 bridgehead atoms. The molecule has 1 aromatic rings. The number of unbranched alkanes of at least 4 members (excludes halogenated alkanes) is 18. The van der Waals surface area contributed by atoms with E-state index in [0.29, 0.717) is 11.3 Å². The Bertz CT molecular complexity index is 856. The van der Waals surface area contributed by atoms with Crippen LogP contribution in [-0.4, -0.2) is 16.2 Å². The van der Waals surface area contributed by atoms with Gasteiger partial charge in [-0.05, 0) is 28.4 Å². The number of benzene rings is 1. The maximum atomic E-state index is 12.2. The minimum absolute atomic E-state index is 0.163. The van der Waals surface area contributed by atoms with E-state index in [1.165, 1.54) is 116 Å². The van der Waals surface area contributed by atoms with Crippen molar-refractivity contribution >= 4 is 5.97 Å². The van der Waals surface area contributed by atoms with Crippen LogP contribution in [0, 0.1) is 0 Å². The summed E-state index contributed by atoms with van der Waals surface area (Å²) in [6, 6.07) is 0. The van der Waals surface area contributed by atoms with Gasteiger partial charge in [-0.15, -0.1) is 0 Å². The van der Waals surface area contributed by atoms with Crippen molar-refractivity contribution in [2.75, 3.05) is 0 Å². The van der Waals surface area contributed by atoms with Crippen molar-refractivity contribution < 1.29 is 15.0 Å². The Kier molecular flexibility index (Phi) is 14.6. The van der Waals surface area contributed by atoms with Crippen LogP contribution in [0.1, 0.15) is 215 Å². The van der Waals surface area contributed by atoms with Crippen LogP contribution in [0.15, 0.2) is 0 Å². The van der Waals surface area contributed by atoms with Crippen molar-refractivity contribution in [3.05, 3.63) is 27.8 Å². The zero-order valence-electron chi connectivity index (χ0n) is 27.5. The molecule has 2 N–H and O–H groups in total. The summed E-state index contributed by atoms with van der Waals surface area (Å²) < 4.78 is 0. The van der Waals surface area contributed by atoms with E-state index in [9.17, 15) is 15.0 Å². The van der Waals surface area contributed by atoms with Crippen LogP contribution in [0.25, 0.3) is 0 Å². The molecule has 0 fully saturated rings. The number of fused-ring (bicyclic) bond motifs is 2. The molecule has 3 rings (SSSR count). The molecule has 0 heterocycles. The fraction of sp³-hybridized carbons (Fsp3) is 0.811. The third-order valence-electron chi connectivity index (χ3n) is 9.06. The summed E-state index contributed by atoms with van der Waals surface area (Å²) in [5, 5.41) is 21.3. The molecule has 3 heteroatoms. The molecule has 0 saturated heterocycles. The second kappa shape index (κ2) is 16.8. The van der Waals surface area contributed by atoms with Crippen LogP contribution in [0.3, 0.4) is 0 Å². The highest BCUT2D eigenvalue weighted by Crippen LogP contribution is 2.58. The number of aromatic hydroxyl groups is 1. The Morgan fingerprint density at radius 3 is 1.15 bits per heavy atom. The fourth-order valence-electron chi connectivity index (χ4n) is 7.00. The third-order valence-corrected chi connectivity index (χ3v) is 9.06. The van der Waals surface area contributed by atoms with E-state index in [2.05, 4.69) is 48.5 Å². The molecule has 0 aliphatic heterocycles. The van der Waals surface area contributed by atoms with Crippen molar-refractivity contribution in [2.45, 2.75) is 194 Å². The van der Waals surface area contributed by atoms with Crippen LogP contribution < -0.4 is 0 Å². The molecule has 40 heavy (non-hydrogen) atoms. The predicted octanol–water partition coefficient (Wildman–Crippen LogP) is 12.0. The van der Waals surface area contributed by atoms with Gasteiger partial charge in [0.2, 0.25) is 0 Å². The number of hydrogen-bond donors (Lipinski definition) is 2. The molecule has 0 amide bonds. The lowest BCUT2D eigenvalue weighted by Gasteiger charge is -2.44. The average Bonchev–Trinajstić information content (AvgIpc) is 2.85. The molecule has 3 nitrogen and oxygen atoms in total. The SMILES string of the molecule is CCCCCCCCCCCCCCCCCCCCCC1c2c(C(=O)O)c1c(C(C)(C)C)c(O)c2C(C)(C)C. The maximum Gasteiger partial charge on any atom is 0.336 e. The van der Waals surface area contributed by atoms with Crippen LogP contribution in [0.5, 0.6) is 5.75 Å². The zero-order valence-corrected chi connectivity index (χ0v) is 27.5. The molecule has 0 radical (unpaired) electrons. The van der Waals surface area contributed by atoms with Gasteiger partial charge in [0.05, 0.1) is 5.56 Å². The fourth-order valence-corrected chi connectivity index (χ4v) is 7.00. The topological polar surface area (TPSA) is 57.5 Å². The van der Waals surface area contributed by atoms with Crippen molar-refractivity contribution in [1.29, 1.82) is 0 Å². The summed E-state index contributed by atoms with van der Waals surface area (Å²) in [5.41, 5.74) is 3.39. The number of hydrogen-bond acceptors (Lipinski definition) is 2. The summed E-state index contributed by atoms with van der Waals surface area (Å²) in [6.07, 6.45) is 27.1. The van der Waals surface area contributed by atoms with E-state index in [4.69, 9.17) is 0 Å². The molecule has 0 unspecified atom stereocenters. The van der Waals surface area contributed by atoms with Gasteiger partial charge < -0.3 is 10.2 Å². The normalized spacial score (nSPS) is 13.6. The summed E-state index contributed by atoms with van der Waals surface area (Å²) in [4.78, 5) is 12.2. The third kappa shape index (κ3) is 10.1. The molecule has 2 aliphatic rings. The Morgan fingerprint density at radius 2 is 0.875 bits per heavy atom. The number of rotatable bonds is 21. The van der Waals surface area contributed by atoms with Gasteiger partial charge in [0.25, 0.3) is 0 Å². The predicted molar refractivity (Wildman–Crippen MR) is 172 cm³/mol. The smallest absolute Gasteiger partial charge is 0.336 e. The summed E-state index contributed by atoms with van der Waals surface area (Å²) >= 11 is 0. The average molecular weight is 557 g/mol. The van der Waals surface area contributed by atoms with Crippen molar-refractivity contribution in [3.63, 3.8) is 0 Å². The summed E-state index contributed by atoms with van der Waals surface area (Å²) in [7, 11) is 0. The second-order valence-electron chi connectivity index (χ2n) is 14.8. The lowest BCUT2D eigenvalue weighted by molar-refractivity contribution is 0.0688. The van der Waals surface area contributed by atoms with E-state index in [1.54, 1.807) is 0 Å². The van der Waals surface area contributed by atoms with E-state index in [1.807, 2.05) is 0 Å². The minimum atomic E-state index is -0.842. The van der Waals surface area contributed by atoms with E-state index in [-0.39, 0.29) is 16.7 Å². The number of phenolic OH excluding ortho intramolecular Hbond substituents is 1. The number of aromatic carboxylic acids is 1. The quantitative estimate of drug-likeness (QED) is 0.148. The maximum absolute atomic E-state index is 12.2. The lowest BCUT2D eigenvalue weighted by Crippen LogP contribution is -2.34. The Morgan fingerprint density at radius 1 is 0.575 bits per heavy atom. The van der Waals surface area contributed by atoms with Crippen LogP contribution in [0.2, 0.25) is 0 Å². The molecule has 2 aliphatic carbocycles. The van der Waals surface area contributed by atoms with Gasteiger partial charge >= 0.3 is 5.97 Å². The largest absolute Gasteiger partial charge is 0.507 e. The minimum Gasteiger partial charge on any atom is -0.507 e. The highest BCUT2D eigenvalue weighted by Gasteiger charge is 2.46. The standard InChI is InChI=1S/C37H64O3/c1-8-9-10-11-12-13-14-15-16-17-18-19-20-21-22-23-24-25-26-27-28-29-31(35(39)40)30(28)33(37(5,6)7)34(38)32(29)36(2,3)4/h28,38H,8-27H2,1-7H3,(H,39,40). The van der Waals surface area contributed by atoms with Gasteiger partial charge in [-0.25, -0.2) is 4.79 Å². The van der Waals surface area contributed by atoms with Gasteiger partial charge in [-0.2, -0.15) is 0 Å². The molecule has 1 aromatic carbocycles. The Labute approximate surface area is 247 Å². The molecule has 0 saturated carbocycles. The second-order valence-corrected chi connectivity index (χ2v) is 14.8. The van der Waals surface area contributed by atoms with E-state index in [0.717, 1.165) is 35.1 Å². The van der Waals surface area contributed by atoms with Gasteiger partial charge in [-0.1, -0.05) is 170 Å². The number of carboxylic acids is 1.